The highest BCUT2D eigenvalue weighted by atomic mass is 16.1. The van der Waals surface area contributed by atoms with E-state index in [1.165, 1.54) is 19.3 Å². The molecule has 0 radical (unpaired) electrons. The summed E-state index contributed by atoms with van der Waals surface area (Å²) in [5, 5.41) is 3.13. The lowest BCUT2D eigenvalue weighted by molar-refractivity contribution is -0.127. The first-order valence-electron chi connectivity index (χ1n) is 9.15. The third-order valence-corrected chi connectivity index (χ3v) is 5.96. The lowest BCUT2D eigenvalue weighted by atomic mass is 9.65. The second-order valence-electron chi connectivity index (χ2n) is 7.41. The van der Waals surface area contributed by atoms with Gasteiger partial charge in [0.25, 0.3) is 0 Å². The van der Waals surface area contributed by atoms with Gasteiger partial charge in [0.1, 0.15) is 0 Å². The monoisotopic (exact) mass is 326 g/mol. The summed E-state index contributed by atoms with van der Waals surface area (Å²) in [6, 6.07) is 8.40. The second-order valence-corrected chi connectivity index (χ2v) is 7.41. The lowest BCUT2D eigenvalue weighted by Crippen LogP contribution is -2.49. The van der Waals surface area contributed by atoms with Crippen LogP contribution in [-0.2, 0) is 11.3 Å². The molecule has 5 nitrogen and oxygen atoms in total. The Morgan fingerprint density at radius 3 is 2.79 bits per heavy atom. The molecule has 24 heavy (non-hydrogen) atoms. The average Bonchev–Trinajstić information content (AvgIpc) is 2.98. The van der Waals surface area contributed by atoms with Crippen LogP contribution in [0.5, 0.6) is 0 Å². The third-order valence-electron chi connectivity index (χ3n) is 5.96. The maximum absolute atomic E-state index is 12.6. The highest BCUT2D eigenvalue weighted by Gasteiger charge is 2.40. The molecule has 1 aromatic heterocycles. The fourth-order valence-corrected chi connectivity index (χ4v) is 4.64. The van der Waals surface area contributed by atoms with Gasteiger partial charge in [-0.3, -0.25) is 4.79 Å². The van der Waals surface area contributed by atoms with Crippen LogP contribution in [0.4, 0.5) is 0 Å². The van der Waals surface area contributed by atoms with Crippen molar-refractivity contribution in [1.29, 1.82) is 0 Å². The lowest BCUT2D eigenvalue weighted by Gasteiger charge is -2.43. The summed E-state index contributed by atoms with van der Waals surface area (Å²) in [6.07, 6.45) is 7.46. The first-order valence-corrected chi connectivity index (χ1v) is 9.15. The van der Waals surface area contributed by atoms with Gasteiger partial charge in [-0.15, -0.1) is 0 Å². The summed E-state index contributed by atoms with van der Waals surface area (Å²) in [5.41, 5.74) is 8.44. The molecule has 2 aliphatic carbocycles. The van der Waals surface area contributed by atoms with Crippen molar-refractivity contribution >= 4 is 16.9 Å². The van der Waals surface area contributed by atoms with E-state index in [2.05, 4.69) is 20.9 Å². The van der Waals surface area contributed by atoms with Crippen molar-refractivity contribution in [2.75, 3.05) is 6.54 Å². The zero-order chi connectivity index (χ0) is 16.5. The summed E-state index contributed by atoms with van der Waals surface area (Å²) in [6.45, 7) is 1.41. The Kier molecular flexibility index (Phi) is 4.27. The second kappa shape index (κ2) is 6.55. The molecule has 0 aliphatic heterocycles. The van der Waals surface area contributed by atoms with Crippen LogP contribution in [0.1, 0.15) is 32.1 Å². The minimum atomic E-state index is 0.152. The topological polar surface area (TPSA) is 72.9 Å². The number of hydrogen-bond donors (Lipinski definition) is 2. The molecule has 1 amide bonds. The molecule has 1 heterocycles. The number of fused-ring (bicyclic) bond motifs is 3. The van der Waals surface area contributed by atoms with Crippen LogP contribution in [0, 0.1) is 17.8 Å². The number of nitrogens with zero attached hydrogens (tertiary/aromatic N) is 2. The number of hydrogen-bond acceptors (Lipinski definition) is 3. The highest BCUT2D eigenvalue weighted by Crippen LogP contribution is 2.41. The minimum Gasteiger partial charge on any atom is -0.354 e. The summed E-state index contributed by atoms with van der Waals surface area (Å²) in [4.78, 5) is 16.9. The third kappa shape index (κ3) is 2.93. The number of benzene rings is 1. The Morgan fingerprint density at radius 2 is 2.00 bits per heavy atom. The Hall–Kier alpha value is -1.88. The predicted molar refractivity (Wildman–Crippen MR) is 94.3 cm³/mol. The van der Waals surface area contributed by atoms with Crippen molar-refractivity contribution in [3.05, 3.63) is 30.6 Å². The Morgan fingerprint density at radius 1 is 1.25 bits per heavy atom. The zero-order valence-electron chi connectivity index (χ0n) is 14.0. The first kappa shape index (κ1) is 15.6. The van der Waals surface area contributed by atoms with Gasteiger partial charge in [-0.05, 0) is 49.7 Å². The Balaban J connectivity index is 1.32. The van der Waals surface area contributed by atoms with Gasteiger partial charge >= 0.3 is 0 Å². The van der Waals surface area contributed by atoms with Gasteiger partial charge in [-0.1, -0.05) is 18.6 Å². The van der Waals surface area contributed by atoms with Crippen LogP contribution < -0.4 is 11.1 Å². The normalized spacial score (nSPS) is 29.5. The van der Waals surface area contributed by atoms with E-state index < -0.39 is 0 Å². The van der Waals surface area contributed by atoms with E-state index in [0.29, 0.717) is 24.4 Å². The number of rotatable bonds is 4. The van der Waals surface area contributed by atoms with Crippen LogP contribution in [0.25, 0.3) is 11.0 Å². The molecule has 2 saturated carbocycles. The SMILES string of the molecule is NC1C2CCCC1CC(C(=O)NCCn1cnc3ccccc31)C2. The minimum absolute atomic E-state index is 0.152. The maximum atomic E-state index is 12.6. The fourth-order valence-electron chi connectivity index (χ4n) is 4.64. The van der Waals surface area contributed by atoms with Crippen LogP contribution in [0.3, 0.4) is 0 Å². The number of nitrogens with one attached hydrogen (secondary N) is 1. The van der Waals surface area contributed by atoms with E-state index in [9.17, 15) is 4.79 Å². The molecule has 2 aromatic rings. The van der Waals surface area contributed by atoms with Gasteiger partial charge < -0.3 is 15.6 Å². The number of aromatic nitrogens is 2. The molecule has 0 saturated heterocycles. The van der Waals surface area contributed by atoms with Gasteiger partial charge in [-0.2, -0.15) is 0 Å². The van der Waals surface area contributed by atoms with Crippen LogP contribution in [0.2, 0.25) is 0 Å². The number of amides is 1. The molecule has 4 rings (SSSR count). The van der Waals surface area contributed by atoms with Gasteiger partial charge in [0, 0.05) is 25.0 Å². The molecule has 2 bridgehead atoms. The van der Waals surface area contributed by atoms with E-state index in [-0.39, 0.29) is 11.8 Å². The van der Waals surface area contributed by atoms with Gasteiger partial charge in [0.05, 0.1) is 17.4 Å². The van der Waals surface area contributed by atoms with Crippen LogP contribution in [-0.4, -0.2) is 28.0 Å². The van der Waals surface area contributed by atoms with Crippen molar-refractivity contribution < 1.29 is 4.79 Å². The summed E-state index contributed by atoms with van der Waals surface area (Å²) < 4.78 is 2.10. The van der Waals surface area contributed by atoms with Crippen molar-refractivity contribution in [2.45, 2.75) is 44.7 Å². The van der Waals surface area contributed by atoms with Crippen molar-refractivity contribution in [1.82, 2.24) is 14.9 Å². The smallest absolute Gasteiger partial charge is 0.223 e. The van der Waals surface area contributed by atoms with E-state index in [4.69, 9.17) is 5.73 Å². The molecule has 128 valence electrons. The van der Waals surface area contributed by atoms with Crippen molar-refractivity contribution in [2.24, 2.45) is 23.5 Å². The largest absolute Gasteiger partial charge is 0.354 e. The zero-order valence-corrected chi connectivity index (χ0v) is 14.0. The quantitative estimate of drug-likeness (QED) is 0.905. The summed E-state index contributed by atoms with van der Waals surface area (Å²) in [7, 11) is 0. The number of nitrogens with two attached hydrogens (primary N) is 1. The Bertz CT molecular complexity index is 711. The predicted octanol–water partition coefficient (Wildman–Crippen LogP) is 2.31. The number of carbonyl (C=O) groups is 1. The molecule has 3 N–H and O–H groups in total. The average molecular weight is 326 g/mol. The standard InChI is InChI=1S/C19H26N4O/c20-18-13-4-3-5-14(18)11-15(10-13)19(24)21-8-9-23-12-22-16-6-1-2-7-17(16)23/h1-2,6-7,12-15,18H,3-5,8-11,20H2,(H,21,24). The number of imidazole rings is 1. The van der Waals surface area contributed by atoms with Crippen LogP contribution in [0.15, 0.2) is 30.6 Å². The summed E-state index contributed by atoms with van der Waals surface area (Å²) >= 11 is 0. The van der Waals surface area contributed by atoms with E-state index >= 15 is 0 Å². The first-order chi connectivity index (χ1) is 11.7. The van der Waals surface area contributed by atoms with Gasteiger partial charge in [-0.25, -0.2) is 4.98 Å². The molecular weight excluding hydrogens is 300 g/mol. The molecule has 5 heteroatoms. The van der Waals surface area contributed by atoms with Gasteiger partial charge in [0.2, 0.25) is 5.91 Å². The van der Waals surface area contributed by atoms with Crippen molar-refractivity contribution in [3.8, 4) is 0 Å². The fraction of sp³-hybridized carbons (Fsp3) is 0.579. The molecule has 1 aromatic carbocycles. The van der Waals surface area contributed by atoms with Crippen molar-refractivity contribution in [3.63, 3.8) is 0 Å². The highest BCUT2D eigenvalue weighted by molar-refractivity contribution is 5.79. The number of para-hydroxylation sites is 2. The van der Waals surface area contributed by atoms with Crippen LogP contribution >= 0.6 is 0 Å². The van der Waals surface area contributed by atoms with E-state index in [0.717, 1.165) is 30.4 Å². The maximum Gasteiger partial charge on any atom is 0.223 e. The molecule has 2 fully saturated rings. The molecule has 2 aliphatic rings. The molecule has 2 unspecified atom stereocenters. The Labute approximate surface area is 142 Å². The molecular formula is C19H26N4O. The summed E-state index contributed by atoms with van der Waals surface area (Å²) in [5.74, 6) is 1.46. The molecule has 0 spiro atoms. The molecule has 2 atom stereocenters. The van der Waals surface area contributed by atoms with E-state index in [1.807, 2.05) is 24.5 Å². The number of carbonyl (C=O) groups excluding carboxylic acids is 1. The van der Waals surface area contributed by atoms with E-state index in [1.54, 1.807) is 0 Å². The van der Waals surface area contributed by atoms with Gasteiger partial charge in [0.15, 0.2) is 0 Å².